The first kappa shape index (κ1) is 17.1. The van der Waals surface area contributed by atoms with E-state index in [-0.39, 0.29) is 5.56 Å². The summed E-state index contributed by atoms with van der Waals surface area (Å²) >= 11 is 1.37. The summed E-state index contributed by atoms with van der Waals surface area (Å²) in [5.74, 6) is -0.767. The van der Waals surface area contributed by atoms with Gasteiger partial charge in [-0.3, -0.25) is 14.3 Å². The molecule has 0 saturated heterocycles. The van der Waals surface area contributed by atoms with Crippen LogP contribution < -0.4 is 5.56 Å². The molecule has 0 aliphatic heterocycles. The lowest BCUT2D eigenvalue weighted by Gasteiger charge is -2.16. The summed E-state index contributed by atoms with van der Waals surface area (Å²) < 4.78 is 1.25. The van der Waals surface area contributed by atoms with E-state index in [0.717, 1.165) is 11.1 Å². The molecule has 0 bridgehead atoms. The fourth-order valence-electron chi connectivity index (χ4n) is 3.01. The molecule has 1 aromatic carbocycles. The highest BCUT2D eigenvalue weighted by molar-refractivity contribution is 7.17. The van der Waals surface area contributed by atoms with Crippen LogP contribution >= 0.6 is 11.3 Å². The van der Waals surface area contributed by atoms with Gasteiger partial charge in [0, 0.05) is 28.9 Å². The van der Waals surface area contributed by atoms with Gasteiger partial charge < -0.3 is 5.11 Å². The monoisotopic (exact) mass is 377 g/mol. The van der Waals surface area contributed by atoms with E-state index < -0.39 is 12.0 Å². The van der Waals surface area contributed by atoms with Crippen LogP contribution in [0.15, 0.2) is 65.0 Å². The van der Waals surface area contributed by atoms with Crippen LogP contribution in [0.1, 0.15) is 13.0 Å². The third-order valence-corrected chi connectivity index (χ3v) is 5.28. The van der Waals surface area contributed by atoms with Crippen LogP contribution in [-0.4, -0.2) is 25.6 Å². The third kappa shape index (κ3) is 2.92. The topological polar surface area (TPSA) is 85.1 Å². The fraction of sp³-hybridized carbons (Fsp3) is 0.100. The molecule has 0 saturated carbocycles. The van der Waals surface area contributed by atoms with Gasteiger partial charge in [-0.05, 0) is 24.6 Å². The Hall–Kier alpha value is -3.32. The van der Waals surface area contributed by atoms with Crippen LogP contribution in [0.5, 0.6) is 0 Å². The van der Waals surface area contributed by atoms with Crippen molar-refractivity contribution in [2.45, 2.75) is 13.0 Å². The average molecular weight is 377 g/mol. The number of benzene rings is 1. The molecule has 3 aromatic heterocycles. The average Bonchev–Trinajstić information content (AvgIpc) is 3.13. The first-order valence-electron chi connectivity index (χ1n) is 8.30. The summed E-state index contributed by atoms with van der Waals surface area (Å²) in [7, 11) is 0. The molecule has 0 spiro atoms. The number of carboxylic acids is 1. The third-order valence-electron chi connectivity index (χ3n) is 4.41. The first-order chi connectivity index (χ1) is 13.1. The number of carboxylic acid groups (broad SMARTS) is 1. The number of thiophene rings is 1. The summed E-state index contributed by atoms with van der Waals surface area (Å²) in [5, 5.41) is 11.9. The molecule has 0 aliphatic rings. The highest BCUT2D eigenvalue weighted by Gasteiger charge is 2.24. The van der Waals surface area contributed by atoms with Crippen LogP contribution in [-0.2, 0) is 4.79 Å². The molecule has 7 heteroatoms. The molecule has 0 aliphatic carbocycles. The Kier molecular flexibility index (Phi) is 4.29. The van der Waals surface area contributed by atoms with Crippen molar-refractivity contribution in [2.24, 2.45) is 0 Å². The van der Waals surface area contributed by atoms with E-state index in [9.17, 15) is 14.7 Å². The van der Waals surface area contributed by atoms with E-state index in [1.165, 1.54) is 22.8 Å². The number of nitrogens with zero attached hydrogens (tertiary/aromatic N) is 3. The Morgan fingerprint density at radius 1 is 1.11 bits per heavy atom. The van der Waals surface area contributed by atoms with Gasteiger partial charge in [-0.1, -0.05) is 30.3 Å². The number of rotatable bonds is 4. The second-order valence-corrected chi connectivity index (χ2v) is 6.91. The Balaban J connectivity index is 2.07. The lowest BCUT2D eigenvalue weighted by Crippen LogP contribution is -2.30. The van der Waals surface area contributed by atoms with Crippen molar-refractivity contribution in [3.05, 3.63) is 70.6 Å². The number of hydrogen-bond donors (Lipinski definition) is 1. The Morgan fingerprint density at radius 2 is 1.81 bits per heavy atom. The van der Waals surface area contributed by atoms with Crippen molar-refractivity contribution in [1.29, 1.82) is 0 Å². The number of aromatic nitrogens is 3. The zero-order valence-corrected chi connectivity index (χ0v) is 15.2. The van der Waals surface area contributed by atoms with Gasteiger partial charge in [-0.15, -0.1) is 11.3 Å². The Labute approximate surface area is 158 Å². The molecular formula is C20H15N3O3S. The van der Waals surface area contributed by atoms with Crippen molar-refractivity contribution in [3.8, 4) is 22.5 Å². The molecule has 3 heterocycles. The number of aliphatic carboxylic acids is 1. The SMILES string of the molecule is CC(C(=O)O)n1c(-c2ccncc2)nc2scc(-c3ccccc3)c2c1=O. The maximum absolute atomic E-state index is 13.4. The van der Waals surface area contributed by atoms with Crippen molar-refractivity contribution in [1.82, 2.24) is 14.5 Å². The zero-order chi connectivity index (χ0) is 19.0. The predicted octanol–water partition coefficient (Wildman–Crippen LogP) is 3.83. The van der Waals surface area contributed by atoms with Crippen LogP contribution in [0.25, 0.3) is 32.7 Å². The van der Waals surface area contributed by atoms with E-state index in [0.29, 0.717) is 21.6 Å². The standard InChI is InChI=1S/C20H15N3O3S/c1-12(20(25)26)23-17(14-7-9-21-10-8-14)22-18-16(19(23)24)15(11-27-18)13-5-3-2-4-6-13/h2-12H,1H3,(H,25,26). The predicted molar refractivity (Wildman–Crippen MR) is 105 cm³/mol. The first-order valence-corrected chi connectivity index (χ1v) is 9.18. The van der Waals surface area contributed by atoms with Crippen molar-refractivity contribution in [3.63, 3.8) is 0 Å². The van der Waals surface area contributed by atoms with Crippen LogP contribution in [0.4, 0.5) is 0 Å². The molecule has 4 rings (SSSR count). The van der Waals surface area contributed by atoms with Crippen LogP contribution in [0.3, 0.4) is 0 Å². The van der Waals surface area contributed by atoms with Gasteiger partial charge in [0.05, 0.1) is 5.39 Å². The molecule has 0 fully saturated rings. The zero-order valence-electron chi connectivity index (χ0n) is 14.4. The lowest BCUT2D eigenvalue weighted by molar-refractivity contribution is -0.140. The van der Waals surface area contributed by atoms with E-state index in [1.807, 2.05) is 35.7 Å². The summed E-state index contributed by atoms with van der Waals surface area (Å²) in [5.41, 5.74) is 1.95. The largest absolute Gasteiger partial charge is 0.480 e. The molecule has 1 atom stereocenters. The van der Waals surface area contributed by atoms with Gasteiger partial charge in [0.2, 0.25) is 0 Å². The number of hydrogen-bond acceptors (Lipinski definition) is 5. The maximum atomic E-state index is 13.4. The fourth-order valence-corrected chi connectivity index (χ4v) is 3.95. The minimum Gasteiger partial charge on any atom is -0.480 e. The van der Waals surface area contributed by atoms with E-state index in [2.05, 4.69) is 9.97 Å². The van der Waals surface area contributed by atoms with Gasteiger partial charge in [-0.2, -0.15) is 0 Å². The Morgan fingerprint density at radius 3 is 2.48 bits per heavy atom. The molecule has 4 aromatic rings. The molecule has 134 valence electrons. The van der Waals surface area contributed by atoms with Gasteiger partial charge >= 0.3 is 5.97 Å². The van der Waals surface area contributed by atoms with Gasteiger partial charge in [0.15, 0.2) is 0 Å². The molecule has 6 nitrogen and oxygen atoms in total. The molecule has 1 N–H and O–H groups in total. The molecule has 0 amide bonds. The second kappa shape index (κ2) is 6.77. The normalized spacial score (nSPS) is 12.2. The summed E-state index contributed by atoms with van der Waals surface area (Å²) in [6.45, 7) is 1.48. The smallest absolute Gasteiger partial charge is 0.326 e. The minimum atomic E-state index is -1.09. The van der Waals surface area contributed by atoms with E-state index in [1.54, 1.807) is 24.5 Å². The highest BCUT2D eigenvalue weighted by atomic mass is 32.1. The number of fused-ring (bicyclic) bond motifs is 1. The molecular weight excluding hydrogens is 362 g/mol. The van der Waals surface area contributed by atoms with Gasteiger partial charge in [0.25, 0.3) is 5.56 Å². The van der Waals surface area contributed by atoms with Crippen LogP contribution in [0, 0.1) is 0 Å². The lowest BCUT2D eigenvalue weighted by atomic mass is 10.1. The number of carbonyl (C=O) groups is 1. The summed E-state index contributed by atoms with van der Waals surface area (Å²) in [6, 6.07) is 11.9. The van der Waals surface area contributed by atoms with E-state index in [4.69, 9.17) is 0 Å². The summed E-state index contributed by atoms with van der Waals surface area (Å²) in [6.07, 6.45) is 3.18. The van der Waals surface area contributed by atoms with Crippen molar-refractivity contribution < 1.29 is 9.90 Å². The quantitative estimate of drug-likeness (QED) is 0.584. The van der Waals surface area contributed by atoms with Crippen LogP contribution in [0.2, 0.25) is 0 Å². The maximum Gasteiger partial charge on any atom is 0.326 e. The van der Waals surface area contributed by atoms with Gasteiger partial charge in [-0.25, -0.2) is 9.78 Å². The highest BCUT2D eigenvalue weighted by Crippen LogP contribution is 2.32. The van der Waals surface area contributed by atoms with Crippen molar-refractivity contribution >= 4 is 27.5 Å². The number of pyridine rings is 1. The van der Waals surface area contributed by atoms with E-state index >= 15 is 0 Å². The minimum absolute atomic E-state index is 0.325. The molecule has 1 unspecified atom stereocenters. The van der Waals surface area contributed by atoms with Gasteiger partial charge in [0.1, 0.15) is 16.7 Å². The molecule has 27 heavy (non-hydrogen) atoms. The second-order valence-electron chi connectivity index (χ2n) is 6.06. The Bertz CT molecular complexity index is 1180. The van der Waals surface area contributed by atoms with Crippen molar-refractivity contribution in [2.75, 3.05) is 0 Å². The summed E-state index contributed by atoms with van der Waals surface area (Å²) in [4.78, 5) is 34.3. The molecule has 0 radical (unpaired) electrons.